The van der Waals surface area contributed by atoms with E-state index in [9.17, 15) is 23.9 Å². The summed E-state index contributed by atoms with van der Waals surface area (Å²) in [6.07, 6.45) is 1.61. The lowest BCUT2D eigenvalue weighted by atomic mass is 9.87. The molecule has 2 bridgehead atoms. The van der Waals surface area contributed by atoms with Gasteiger partial charge in [-0.25, -0.2) is 4.39 Å². The van der Waals surface area contributed by atoms with Crippen molar-refractivity contribution in [1.29, 1.82) is 0 Å². The van der Waals surface area contributed by atoms with Crippen molar-refractivity contribution < 1.29 is 23.8 Å². The molecule has 2 fully saturated rings. The van der Waals surface area contributed by atoms with Crippen molar-refractivity contribution >= 4 is 11.9 Å². The number of nitrogens with zero attached hydrogens (tertiary/aromatic N) is 2. The molecule has 4 atom stereocenters. The van der Waals surface area contributed by atoms with E-state index in [0.29, 0.717) is 5.69 Å². The SMILES string of the molecule is COC(=O)[C@@H]1[C@@H](CO)[C@@H]2Cn3c(ccc(-c4ccccc4F)c3=O)[C@H]1N2C(=O)C1CC1. The van der Waals surface area contributed by atoms with Crippen LogP contribution in [0.5, 0.6) is 0 Å². The summed E-state index contributed by atoms with van der Waals surface area (Å²) in [6.45, 7) is -0.164. The van der Waals surface area contributed by atoms with Crippen LogP contribution in [0, 0.1) is 23.6 Å². The number of esters is 1. The minimum absolute atomic E-state index is 0.0447. The van der Waals surface area contributed by atoms with Crippen LogP contribution in [0.25, 0.3) is 11.1 Å². The van der Waals surface area contributed by atoms with E-state index in [-0.39, 0.29) is 41.7 Å². The van der Waals surface area contributed by atoms with Crippen LogP contribution < -0.4 is 5.56 Å². The highest BCUT2D eigenvalue weighted by molar-refractivity contribution is 5.85. The predicted molar refractivity (Wildman–Crippen MR) is 108 cm³/mol. The van der Waals surface area contributed by atoms with E-state index in [2.05, 4.69) is 0 Å². The Kier molecular flexibility index (Phi) is 4.69. The molecule has 0 spiro atoms. The number of ether oxygens (including phenoxy) is 1. The Labute approximate surface area is 178 Å². The van der Waals surface area contributed by atoms with Crippen molar-refractivity contribution in [2.75, 3.05) is 13.7 Å². The summed E-state index contributed by atoms with van der Waals surface area (Å²) in [6, 6.07) is 8.10. The fourth-order valence-electron chi connectivity index (χ4n) is 5.24. The first-order valence-electron chi connectivity index (χ1n) is 10.5. The van der Waals surface area contributed by atoms with E-state index < -0.39 is 35.7 Å². The Morgan fingerprint density at radius 3 is 2.55 bits per heavy atom. The minimum atomic E-state index is -0.768. The zero-order chi connectivity index (χ0) is 21.9. The van der Waals surface area contributed by atoms with Gasteiger partial charge in [0.2, 0.25) is 5.91 Å². The summed E-state index contributed by atoms with van der Waals surface area (Å²) in [5, 5.41) is 10.1. The molecule has 1 amide bonds. The van der Waals surface area contributed by atoms with Gasteiger partial charge in [-0.15, -0.1) is 0 Å². The number of hydrogen-bond donors (Lipinski definition) is 1. The van der Waals surface area contributed by atoms with Crippen LogP contribution in [0.2, 0.25) is 0 Å². The highest BCUT2D eigenvalue weighted by Crippen LogP contribution is 2.50. The van der Waals surface area contributed by atoms with Crippen molar-refractivity contribution in [3.8, 4) is 11.1 Å². The smallest absolute Gasteiger partial charge is 0.311 e. The number of fused-ring (bicyclic) bond motifs is 4. The van der Waals surface area contributed by atoms with Gasteiger partial charge in [-0.1, -0.05) is 18.2 Å². The van der Waals surface area contributed by atoms with E-state index in [1.165, 1.54) is 17.7 Å². The van der Waals surface area contributed by atoms with E-state index >= 15 is 0 Å². The van der Waals surface area contributed by atoms with Gasteiger partial charge in [-0.3, -0.25) is 14.4 Å². The third kappa shape index (κ3) is 2.92. The summed E-state index contributed by atoms with van der Waals surface area (Å²) in [5.41, 5.74) is 0.563. The maximum atomic E-state index is 14.4. The molecule has 1 aliphatic carbocycles. The van der Waals surface area contributed by atoms with Crippen LogP contribution in [0.4, 0.5) is 4.39 Å². The summed E-state index contributed by atoms with van der Waals surface area (Å²) in [7, 11) is 1.28. The summed E-state index contributed by atoms with van der Waals surface area (Å²) in [4.78, 5) is 40.9. The van der Waals surface area contributed by atoms with Gasteiger partial charge in [0.1, 0.15) is 5.82 Å². The largest absolute Gasteiger partial charge is 0.469 e. The predicted octanol–water partition coefficient (Wildman–Crippen LogP) is 1.73. The van der Waals surface area contributed by atoms with Crippen molar-refractivity contribution in [3.05, 3.63) is 58.3 Å². The Hall–Kier alpha value is -3.00. The number of rotatable bonds is 4. The standard InChI is InChI=1S/C23H23FN2O5/c1-31-23(30)19-15(11-27)18-10-25-17(20(19)26(18)21(28)12-6-7-12)9-8-14(22(25)29)13-4-2-3-5-16(13)24/h2-5,8-9,12,15,18-20,27H,6-7,10-11H2,1H3/t15-,18-,19+,20+/m0/s1. The number of methoxy groups -OCH3 is 1. The molecule has 5 rings (SSSR count). The van der Waals surface area contributed by atoms with Crippen molar-refractivity contribution in [2.45, 2.75) is 31.5 Å². The Morgan fingerprint density at radius 1 is 1.16 bits per heavy atom. The number of amides is 1. The fourth-order valence-corrected chi connectivity index (χ4v) is 5.24. The molecule has 2 aromatic rings. The molecule has 162 valence electrons. The van der Waals surface area contributed by atoms with Crippen LogP contribution >= 0.6 is 0 Å². The van der Waals surface area contributed by atoms with E-state index in [1.807, 2.05) is 0 Å². The number of carbonyl (C=O) groups is 2. The zero-order valence-corrected chi connectivity index (χ0v) is 17.0. The summed E-state index contributed by atoms with van der Waals surface area (Å²) in [5.74, 6) is -2.44. The van der Waals surface area contributed by atoms with Gasteiger partial charge in [0, 0.05) is 36.2 Å². The fraction of sp³-hybridized carbons (Fsp3) is 0.435. The number of hydrogen-bond acceptors (Lipinski definition) is 5. The first-order chi connectivity index (χ1) is 15.0. The number of aliphatic hydroxyl groups is 1. The Morgan fingerprint density at radius 2 is 1.90 bits per heavy atom. The van der Waals surface area contributed by atoms with Gasteiger partial charge < -0.3 is 19.3 Å². The molecule has 1 aromatic heterocycles. The van der Waals surface area contributed by atoms with Gasteiger partial charge >= 0.3 is 5.97 Å². The first-order valence-corrected chi connectivity index (χ1v) is 10.5. The maximum Gasteiger partial charge on any atom is 0.311 e. The molecule has 8 heteroatoms. The Bertz CT molecular complexity index is 1130. The molecule has 2 aliphatic heterocycles. The van der Waals surface area contributed by atoms with E-state index in [4.69, 9.17) is 4.74 Å². The third-order valence-electron chi connectivity index (χ3n) is 6.86. The monoisotopic (exact) mass is 426 g/mol. The van der Waals surface area contributed by atoms with Crippen LogP contribution in [0.3, 0.4) is 0 Å². The second-order valence-corrected chi connectivity index (χ2v) is 8.49. The van der Waals surface area contributed by atoms with Crippen LogP contribution in [0.1, 0.15) is 24.6 Å². The lowest BCUT2D eigenvalue weighted by Gasteiger charge is -2.38. The van der Waals surface area contributed by atoms with Gasteiger partial charge in [-0.05, 0) is 31.0 Å². The number of aromatic nitrogens is 1. The number of benzene rings is 1. The van der Waals surface area contributed by atoms with Crippen LogP contribution in [0.15, 0.2) is 41.2 Å². The summed E-state index contributed by atoms with van der Waals surface area (Å²) >= 11 is 0. The maximum absolute atomic E-state index is 14.4. The zero-order valence-electron chi connectivity index (χ0n) is 17.0. The lowest BCUT2D eigenvalue weighted by Crippen LogP contribution is -2.49. The van der Waals surface area contributed by atoms with Crippen LogP contribution in [-0.2, 0) is 20.9 Å². The normalized spacial score (nSPS) is 26.5. The van der Waals surface area contributed by atoms with Gasteiger partial charge in [-0.2, -0.15) is 0 Å². The molecule has 0 unspecified atom stereocenters. The third-order valence-corrected chi connectivity index (χ3v) is 6.86. The molecular weight excluding hydrogens is 403 g/mol. The number of pyridine rings is 1. The molecule has 31 heavy (non-hydrogen) atoms. The van der Waals surface area contributed by atoms with E-state index in [1.54, 1.807) is 35.2 Å². The van der Waals surface area contributed by atoms with Crippen LogP contribution in [-0.4, -0.2) is 46.2 Å². The molecule has 3 aliphatic rings. The molecule has 7 nitrogen and oxygen atoms in total. The van der Waals surface area contributed by atoms with E-state index in [0.717, 1.165) is 12.8 Å². The quantitative estimate of drug-likeness (QED) is 0.753. The lowest BCUT2D eigenvalue weighted by molar-refractivity contribution is -0.148. The molecule has 1 N–H and O–H groups in total. The molecular formula is C23H23FN2O5. The van der Waals surface area contributed by atoms with Crippen molar-refractivity contribution in [1.82, 2.24) is 9.47 Å². The average molecular weight is 426 g/mol. The summed E-state index contributed by atoms with van der Waals surface area (Å²) < 4.78 is 20.9. The topological polar surface area (TPSA) is 88.8 Å². The molecule has 1 aromatic carbocycles. The molecule has 3 heterocycles. The van der Waals surface area contributed by atoms with Gasteiger partial charge in [0.25, 0.3) is 5.56 Å². The number of halogens is 1. The van der Waals surface area contributed by atoms with Gasteiger partial charge in [0.15, 0.2) is 0 Å². The highest BCUT2D eigenvalue weighted by atomic mass is 19.1. The molecule has 0 radical (unpaired) electrons. The van der Waals surface area contributed by atoms with Crippen molar-refractivity contribution in [3.63, 3.8) is 0 Å². The second-order valence-electron chi connectivity index (χ2n) is 8.49. The molecule has 1 saturated heterocycles. The second kappa shape index (κ2) is 7.30. The number of aliphatic hydroxyl groups excluding tert-OH is 1. The molecule has 1 saturated carbocycles. The highest BCUT2D eigenvalue weighted by Gasteiger charge is 2.59. The Balaban J connectivity index is 1.67. The van der Waals surface area contributed by atoms with Gasteiger partial charge in [0.05, 0.1) is 30.7 Å². The average Bonchev–Trinajstić information content (AvgIpc) is 3.59. The minimum Gasteiger partial charge on any atom is -0.469 e. The number of carbonyl (C=O) groups excluding carboxylic acids is 2. The first kappa shape index (κ1) is 19.9. The van der Waals surface area contributed by atoms with Crippen molar-refractivity contribution in [2.24, 2.45) is 17.8 Å².